The van der Waals surface area contributed by atoms with Crippen LogP contribution in [-0.2, 0) is 9.59 Å². The van der Waals surface area contributed by atoms with Crippen LogP contribution in [0.3, 0.4) is 0 Å². The maximum Gasteiger partial charge on any atom is 0.323 e. The third-order valence-electron chi connectivity index (χ3n) is 2.35. The van der Waals surface area contributed by atoms with Crippen LogP contribution >= 0.6 is 0 Å². The zero-order valence-corrected chi connectivity index (χ0v) is 9.54. The van der Waals surface area contributed by atoms with Crippen molar-refractivity contribution in [3.8, 4) is 0 Å². The molecule has 0 aromatic rings. The predicted molar refractivity (Wildman–Crippen MR) is 57.3 cm³/mol. The molecule has 15 heavy (non-hydrogen) atoms. The Morgan fingerprint density at radius 3 is 2.33 bits per heavy atom. The summed E-state index contributed by atoms with van der Waals surface area (Å²) in [5, 5.41) is 11.7. The summed E-state index contributed by atoms with van der Waals surface area (Å²) in [6.07, 6.45) is 1.27. The van der Waals surface area contributed by atoms with Gasteiger partial charge in [0.05, 0.1) is 6.54 Å². The Morgan fingerprint density at radius 1 is 1.47 bits per heavy atom. The Bertz CT molecular complexity index is 241. The highest BCUT2D eigenvalue weighted by Crippen LogP contribution is 2.16. The molecule has 0 fully saturated rings. The van der Waals surface area contributed by atoms with Crippen molar-refractivity contribution < 1.29 is 14.7 Å². The molecule has 1 amide bonds. The molecule has 0 aromatic carbocycles. The van der Waals surface area contributed by atoms with Crippen LogP contribution in [-0.4, -0.2) is 29.1 Å². The number of carboxylic acid groups (broad SMARTS) is 1. The fourth-order valence-electron chi connectivity index (χ4n) is 1.13. The molecule has 0 saturated heterocycles. The maximum absolute atomic E-state index is 11.0. The fourth-order valence-corrected chi connectivity index (χ4v) is 1.13. The summed E-state index contributed by atoms with van der Waals surface area (Å²) in [6, 6.07) is 0. The molecule has 4 N–H and O–H groups in total. The van der Waals surface area contributed by atoms with E-state index >= 15 is 0 Å². The fraction of sp³-hybridized carbons (Fsp3) is 0.800. The van der Waals surface area contributed by atoms with E-state index in [4.69, 9.17) is 10.8 Å². The maximum atomic E-state index is 11.0. The van der Waals surface area contributed by atoms with E-state index in [-0.39, 0.29) is 6.54 Å². The van der Waals surface area contributed by atoms with Crippen molar-refractivity contribution in [3.63, 3.8) is 0 Å². The highest BCUT2D eigenvalue weighted by atomic mass is 16.4. The summed E-state index contributed by atoms with van der Waals surface area (Å²) in [6.45, 7) is 5.51. The number of nitrogens with one attached hydrogen (secondary N) is 1. The van der Waals surface area contributed by atoms with Gasteiger partial charge in [-0.25, -0.2) is 0 Å². The predicted octanol–water partition coefficient (Wildman–Crippen LogP) is 0.341. The molecule has 0 aromatic heterocycles. The molecule has 1 atom stereocenters. The van der Waals surface area contributed by atoms with Crippen molar-refractivity contribution in [3.05, 3.63) is 0 Å². The Hall–Kier alpha value is -1.10. The first-order valence-corrected chi connectivity index (χ1v) is 5.04. The van der Waals surface area contributed by atoms with Gasteiger partial charge in [0.15, 0.2) is 0 Å². The van der Waals surface area contributed by atoms with E-state index in [1.54, 1.807) is 6.92 Å². The normalized spacial score (nSPS) is 14.9. The zero-order chi connectivity index (χ0) is 12.1. The third kappa shape index (κ3) is 5.37. The molecule has 5 heteroatoms. The molecule has 0 heterocycles. The van der Waals surface area contributed by atoms with Crippen molar-refractivity contribution >= 4 is 11.9 Å². The SMILES string of the molecule is CC(C)CCC(C)(NCC(N)=O)C(=O)O. The standard InChI is InChI=1S/C10H20N2O3/c1-7(2)4-5-10(3,9(14)15)12-6-8(11)13/h7,12H,4-6H2,1-3H3,(H2,11,13)(H,14,15). The van der Waals surface area contributed by atoms with Crippen LogP contribution in [0.2, 0.25) is 0 Å². The second-order valence-electron chi connectivity index (χ2n) is 4.39. The van der Waals surface area contributed by atoms with Gasteiger partial charge >= 0.3 is 5.97 Å². The molecule has 0 saturated carbocycles. The number of carbonyl (C=O) groups is 2. The second kappa shape index (κ2) is 5.70. The van der Waals surface area contributed by atoms with E-state index < -0.39 is 17.4 Å². The number of carbonyl (C=O) groups excluding carboxylic acids is 1. The molecule has 0 rings (SSSR count). The van der Waals surface area contributed by atoms with Crippen molar-refractivity contribution in [2.45, 2.75) is 39.2 Å². The molecule has 0 aliphatic heterocycles. The minimum Gasteiger partial charge on any atom is -0.480 e. The van der Waals surface area contributed by atoms with Crippen molar-refractivity contribution in [2.75, 3.05) is 6.54 Å². The highest BCUT2D eigenvalue weighted by Gasteiger charge is 2.32. The largest absolute Gasteiger partial charge is 0.480 e. The minimum absolute atomic E-state index is 0.110. The average Bonchev–Trinajstić information content (AvgIpc) is 2.11. The number of hydrogen-bond acceptors (Lipinski definition) is 3. The molecule has 0 bridgehead atoms. The van der Waals surface area contributed by atoms with Crippen molar-refractivity contribution in [1.82, 2.24) is 5.32 Å². The molecule has 88 valence electrons. The molecule has 5 nitrogen and oxygen atoms in total. The first-order valence-electron chi connectivity index (χ1n) is 5.04. The van der Waals surface area contributed by atoms with Gasteiger partial charge in [0.1, 0.15) is 5.54 Å². The lowest BCUT2D eigenvalue weighted by Gasteiger charge is -2.26. The van der Waals surface area contributed by atoms with Crippen molar-refractivity contribution in [2.24, 2.45) is 11.7 Å². The molecule has 0 spiro atoms. The lowest BCUT2D eigenvalue weighted by atomic mass is 9.92. The van der Waals surface area contributed by atoms with Crippen molar-refractivity contribution in [1.29, 1.82) is 0 Å². The van der Waals surface area contributed by atoms with Gasteiger partial charge in [-0.3, -0.25) is 14.9 Å². The summed E-state index contributed by atoms with van der Waals surface area (Å²) in [5.41, 5.74) is 3.89. The molecule has 1 unspecified atom stereocenters. The van der Waals surface area contributed by atoms with Gasteiger partial charge in [-0.15, -0.1) is 0 Å². The van der Waals surface area contributed by atoms with Gasteiger partial charge in [0.25, 0.3) is 0 Å². The Labute approximate surface area is 90.0 Å². The number of carboxylic acids is 1. The highest BCUT2D eigenvalue weighted by molar-refractivity contribution is 5.81. The molecular weight excluding hydrogens is 196 g/mol. The van der Waals surface area contributed by atoms with Crippen LogP contribution in [0.15, 0.2) is 0 Å². The molecular formula is C10H20N2O3. The second-order valence-corrected chi connectivity index (χ2v) is 4.39. The average molecular weight is 216 g/mol. The minimum atomic E-state index is -1.07. The lowest BCUT2D eigenvalue weighted by Crippen LogP contribution is -2.52. The Balaban J connectivity index is 4.32. The smallest absolute Gasteiger partial charge is 0.323 e. The summed E-state index contributed by atoms with van der Waals surface area (Å²) in [7, 11) is 0. The van der Waals surface area contributed by atoms with Crippen LogP contribution in [0, 0.1) is 5.92 Å². The topological polar surface area (TPSA) is 92.4 Å². The number of primary amides is 1. The third-order valence-corrected chi connectivity index (χ3v) is 2.35. The van der Waals surface area contributed by atoms with Gasteiger partial charge in [-0.05, 0) is 25.7 Å². The van der Waals surface area contributed by atoms with Gasteiger partial charge in [0.2, 0.25) is 5.91 Å². The van der Waals surface area contributed by atoms with E-state index in [0.717, 1.165) is 6.42 Å². The first kappa shape index (κ1) is 13.9. The number of nitrogens with two attached hydrogens (primary N) is 1. The molecule has 0 aliphatic carbocycles. The number of rotatable bonds is 7. The molecule has 0 radical (unpaired) electrons. The summed E-state index contributed by atoms with van der Waals surface area (Å²) in [4.78, 5) is 21.6. The summed E-state index contributed by atoms with van der Waals surface area (Å²) >= 11 is 0. The van der Waals surface area contributed by atoms with E-state index in [9.17, 15) is 9.59 Å². The monoisotopic (exact) mass is 216 g/mol. The van der Waals surface area contributed by atoms with Gasteiger partial charge in [0, 0.05) is 0 Å². The quantitative estimate of drug-likeness (QED) is 0.572. The van der Waals surface area contributed by atoms with E-state index in [1.807, 2.05) is 13.8 Å². The number of hydrogen-bond donors (Lipinski definition) is 3. The van der Waals surface area contributed by atoms with Gasteiger partial charge < -0.3 is 10.8 Å². The van der Waals surface area contributed by atoms with E-state index in [2.05, 4.69) is 5.32 Å². The lowest BCUT2D eigenvalue weighted by molar-refractivity contribution is -0.144. The van der Waals surface area contributed by atoms with Crippen LogP contribution in [0.4, 0.5) is 0 Å². The van der Waals surface area contributed by atoms with Gasteiger partial charge in [-0.1, -0.05) is 13.8 Å². The number of aliphatic carboxylic acids is 1. The summed E-state index contributed by atoms with van der Waals surface area (Å²) < 4.78 is 0. The van der Waals surface area contributed by atoms with Crippen LogP contribution in [0.25, 0.3) is 0 Å². The number of amides is 1. The van der Waals surface area contributed by atoms with Crippen LogP contribution in [0.5, 0.6) is 0 Å². The Morgan fingerprint density at radius 2 is 2.00 bits per heavy atom. The van der Waals surface area contributed by atoms with Gasteiger partial charge in [-0.2, -0.15) is 0 Å². The summed E-state index contributed by atoms with van der Waals surface area (Å²) in [5.74, 6) is -1.07. The zero-order valence-electron chi connectivity index (χ0n) is 9.54. The first-order chi connectivity index (χ1) is 6.78. The van der Waals surface area contributed by atoms with E-state index in [0.29, 0.717) is 12.3 Å². The Kier molecular flexibility index (Phi) is 5.28. The van der Waals surface area contributed by atoms with Crippen LogP contribution < -0.4 is 11.1 Å². The van der Waals surface area contributed by atoms with E-state index in [1.165, 1.54) is 0 Å². The molecule has 0 aliphatic rings. The van der Waals surface area contributed by atoms with Crippen LogP contribution in [0.1, 0.15) is 33.6 Å².